The van der Waals surface area contributed by atoms with Crippen LogP contribution in [0, 0.1) is 4.77 Å². The fraction of sp³-hybridized carbons (Fsp3) is 0.821. The number of rotatable bonds is 21. The second-order valence-corrected chi connectivity index (χ2v) is 13.2. The highest BCUT2D eigenvalue weighted by Gasteiger charge is 2.53. The van der Waals surface area contributed by atoms with Crippen molar-refractivity contribution in [1.29, 1.82) is 0 Å². The van der Waals surface area contributed by atoms with Gasteiger partial charge in [-0.3, -0.25) is 28.2 Å². The molecule has 0 aromatic carbocycles. The molecule has 6 atom stereocenters. The maximum Gasteiger partial charge on any atom is 0.472 e. The molecule has 1 fully saturated rings. The van der Waals surface area contributed by atoms with Crippen molar-refractivity contribution in [2.75, 3.05) is 13.2 Å². The second kappa shape index (κ2) is 18.6. The molecule has 3 unspecified atom stereocenters. The molecular weight excluding hydrogens is 642 g/mol. The van der Waals surface area contributed by atoms with Gasteiger partial charge < -0.3 is 25.2 Å². The molecule has 260 valence electrons. The summed E-state index contributed by atoms with van der Waals surface area (Å²) in [6, 6.07) is -0.330. The molecular formula is C28H47F3N3O9PS. The molecule has 5 N–H and O–H groups in total. The van der Waals surface area contributed by atoms with Crippen LogP contribution in [-0.4, -0.2) is 73.8 Å². The van der Waals surface area contributed by atoms with E-state index in [1.807, 2.05) is 0 Å². The number of aliphatic hydroxyl groups excluding tert-OH is 1. The number of alkyl halides is 3. The third kappa shape index (κ3) is 13.5. The number of nitrogens with zero attached hydrogens (tertiary/aromatic N) is 1. The summed E-state index contributed by atoms with van der Waals surface area (Å²) in [7, 11) is -5.41. The summed E-state index contributed by atoms with van der Waals surface area (Å²) in [5.41, 5.74) is -2.83. The van der Waals surface area contributed by atoms with Gasteiger partial charge in [-0.2, -0.15) is 13.2 Å². The van der Waals surface area contributed by atoms with E-state index in [0.717, 1.165) is 55.9 Å². The lowest BCUT2D eigenvalue weighted by Crippen LogP contribution is -2.45. The number of carbonyl (C=O) groups is 1. The Kier molecular flexibility index (Phi) is 15.0. The summed E-state index contributed by atoms with van der Waals surface area (Å²) in [6.07, 6.45) is 2.30. The maximum atomic E-state index is 12.9. The first-order valence-electron chi connectivity index (χ1n) is 16.2. The van der Waals surface area contributed by atoms with Crippen molar-refractivity contribution in [2.45, 2.75) is 134 Å². The molecule has 0 saturated carbocycles. The Hall–Kier alpha value is -1.65. The second-order valence-electron chi connectivity index (χ2n) is 11.4. The molecule has 1 aromatic rings. The zero-order valence-corrected chi connectivity index (χ0v) is 27.3. The van der Waals surface area contributed by atoms with Crippen LogP contribution < -0.4 is 10.9 Å². The number of halogens is 3. The molecule has 2 heterocycles. The molecule has 0 aliphatic carbocycles. The summed E-state index contributed by atoms with van der Waals surface area (Å²) < 4.78 is 83.6. The first-order chi connectivity index (χ1) is 21.8. The number of aromatic nitrogens is 2. The molecule has 0 radical (unpaired) electrons. The molecule has 1 aliphatic rings. The van der Waals surface area contributed by atoms with Gasteiger partial charge in [-0.05, 0) is 25.6 Å². The van der Waals surface area contributed by atoms with Crippen LogP contribution >= 0.6 is 20.0 Å². The summed E-state index contributed by atoms with van der Waals surface area (Å²) >= 11 is 5.03. The molecule has 45 heavy (non-hydrogen) atoms. The fourth-order valence-electron chi connectivity index (χ4n) is 4.88. The SMILES string of the molecule is [2H]C([2H])(OP(=O)(O)OCC(CCCCCCCCCCCCCC)NC(=O)C(F)(F)F)[C@H]1O[C@@H](n2ccc(=O)[nH]c2=S)C(C)(O)[C@H]1O. The Bertz CT molecular complexity index is 1300. The number of hydrogen-bond donors (Lipinski definition) is 5. The highest BCUT2D eigenvalue weighted by atomic mass is 32.1. The van der Waals surface area contributed by atoms with E-state index in [0.29, 0.717) is 12.8 Å². The number of phosphoric acid groups is 1. The molecule has 1 aromatic heterocycles. The van der Waals surface area contributed by atoms with E-state index in [-0.39, 0.29) is 11.2 Å². The smallest absolute Gasteiger partial charge is 0.387 e. The van der Waals surface area contributed by atoms with Crippen molar-refractivity contribution in [3.8, 4) is 0 Å². The summed E-state index contributed by atoms with van der Waals surface area (Å²) in [6.45, 7) is -0.999. The van der Waals surface area contributed by atoms with E-state index in [2.05, 4.69) is 16.4 Å². The fourth-order valence-corrected chi connectivity index (χ4v) is 5.80. The van der Waals surface area contributed by atoms with E-state index in [1.54, 1.807) is 5.32 Å². The van der Waals surface area contributed by atoms with Crippen molar-refractivity contribution >= 4 is 25.9 Å². The molecule has 0 bridgehead atoms. The Morgan fingerprint density at radius 2 is 1.73 bits per heavy atom. The van der Waals surface area contributed by atoms with Gasteiger partial charge in [-0.15, -0.1) is 0 Å². The average molecular weight is 692 g/mol. The number of carbonyl (C=O) groups excluding carboxylic acids is 1. The molecule has 12 nitrogen and oxygen atoms in total. The van der Waals surface area contributed by atoms with Gasteiger partial charge in [-0.1, -0.05) is 84.0 Å². The minimum Gasteiger partial charge on any atom is -0.387 e. The number of aromatic amines is 1. The largest absolute Gasteiger partial charge is 0.472 e. The third-order valence-electron chi connectivity index (χ3n) is 7.49. The van der Waals surface area contributed by atoms with Crippen LogP contribution in [0.1, 0.15) is 106 Å². The number of hydrogen-bond acceptors (Lipinski definition) is 9. The number of unbranched alkanes of at least 4 members (excludes halogenated alkanes) is 11. The normalized spacial score (nSPS) is 24.9. The van der Waals surface area contributed by atoms with Gasteiger partial charge in [0.1, 0.15) is 17.8 Å². The van der Waals surface area contributed by atoms with Crippen molar-refractivity contribution < 1.29 is 54.2 Å². The van der Waals surface area contributed by atoms with Crippen LogP contribution in [-0.2, 0) is 23.1 Å². The maximum absolute atomic E-state index is 12.9. The Balaban J connectivity index is 1.95. The van der Waals surface area contributed by atoms with Gasteiger partial charge in [0.25, 0.3) is 5.56 Å². The molecule has 0 spiro atoms. The van der Waals surface area contributed by atoms with Crippen LogP contribution in [0.2, 0.25) is 0 Å². The highest BCUT2D eigenvalue weighted by Crippen LogP contribution is 2.46. The standard InChI is InChI=1S/C28H47F3N3O9PS/c1-3-4-5-6-7-8-9-10-11-12-13-14-15-20(32-24(37)28(29,30)31)18-41-44(39,40)42-19-21-23(36)27(2,38)25(43-21)34-17-16-22(35)33-26(34)45/h16-17,20-21,23,25,36,38H,3-15,18-19H2,1-2H3,(H,32,37)(H,39,40)(H,33,35,45)/t20?,21-,23+,25-,27?/m1/s1/i19D2. The number of aliphatic hydroxyl groups is 2. The number of phosphoric ester groups is 1. The highest BCUT2D eigenvalue weighted by molar-refractivity contribution is 7.71. The van der Waals surface area contributed by atoms with E-state index in [4.69, 9.17) is 24.2 Å². The van der Waals surface area contributed by atoms with Crippen LogP contribution in [0.5, 0.6) is 0 Å². The molecule has 2 rings (SSSR count). The molecule has 17 heteroatoms. The molecule has 1 aliphatic heterocycles. The predicted molar refractivity (Wildman–Crippen MR) is 162 cm³/mol. The zero-order valence-electron chi connectivity index (χ0n) is 27.6. The van der Waals surface area contributed by atoms with Crippen LogP contribution in [0.3, 0.4) is 0 Å². The van der Waals surface area contributed by atoms with Gasteiger partial charge in [0.2, 0.25) is 0 Å². The molecule has 1 saturated heterocycles. The number of H-pyrrole nitrogens is 1. The van der Waals surface area contributed by atoms with Crippen molar-refractivity contribution in [2.24, 2.45) is 0 Å². The Morgan fingerprint density at radius 1 is 1.18 bits per heavy atom. The van der Waals surface area contributed by atoms with Gasteiger partial charge in [0.15, 0.2) is 11.0 Å². The Labute approximate surface area is 269 Å². The summed E-state index contributed by atoms with van der Waals surface area (Å²) in [4.78, 5) is 35.7. The minimum absolute atomic E-state index is 0.0268. The number of ether oxygens (including phenoxy) is 1. The van der Waals surface area contributed by atoms with E-state index in [9.17, 15) is 42.4 Å². The number of nitrogens with one attached hydrogen (secondary N) is 2. The van der Waals surface area contributed by atoms with E-state index >= 15 is 0 Å². The lowest BCUT2D eigenvalue weighted by atomic mass is 9.96. The van der Waals surface area contributed by atoms with Gasteiger partial charge >= 0.3 is 19.9 Å². The lowest BCUT2D eigenvalue weighted by Gasteiger charge is -2.28. The number of amides is 1. The van der Waals surface area contributed by atoms with E-state index in [1.165, 1.54) is 32.1 Å². The third-order valence-corrected chi connectivity index (χ3v) is 8.61. The monoisotopic (exact) mass is 691 g/mol. The van der Waals surface area contributed by atoms with E-state index < -0.39 is 68.7 Å². The average Bonchev–Trinajstić information content (AvgIpc) is 3.20. The van der Waals surface area contributed by atoms with Crippen molar-refractivity contribution in [1.82, 2.24) is 14.9 Å². The first kappa shape index (κ1) is 36.2. The topological polar surface area (TPSA) is 172 Å². The van der Waals surface area contributed by atoms with Crippen LogP contribution in [0.25, 0.3) is 0 Å². The first-order valence-corrected chi connectivity index (χ1v) is 17.2. The minimum atomic E-state index is -5.41. The van der Waals surface area contributed by atoms with Crippen molar-refractivity contribution in [3.05, 3.63) is 27.4 Å². The predicted octanol–water partition coefficient (Wildman–Crippen LogP) is 5.19. The van der Waals surface area contributed by atoms with Gasteiger partial charge in [0.05, 0.1) is 21.9 Å². The van der Waals surface area contributed by atoms with Crippen LogP contribution in [0.4, 0.5) is 13.2 Å². The van der Waals surface area contributed by atoms with Crippen LogP contribution in [0.15, 0.2) is 17.1 Å². The Morgan fingerprint density at radius 3 is 2.27 bits per heavy atom. The van der Waals surface area contributed by atoms with Gasteiger partial charge in [-0.25, -0.2) is 4.57 Å². The lowest BCUT2D eigenvalue weighted by molar-refractivity contribution is -0.174. The molecule has 1 amide bonds. The zero-order chi connectivity index (χ0) is 35.5. The van der Waals surface area contributed by atoms with Gasteiger partial charge in [0, 0.05) is 12.3 Å². The quantitative estimate of drug-likeness (QED) is 0.0657. The summed E-state index contributed by atoms with van der Waals surface area (Å²) in [5.74, 6) is -2.27. The summed E-state index contributed by atoms with van der Waals surface area (Å²) in [5, 5.41) is 23.3. The van der Waals surface area contributed by atoms with Crippen molar-refractivity contribution in [3.63, 3.8) is 0 Å².